The predicted molar refractivity (Wildman–Crippen MR) is 104 cm³/mol. The maximum atomic E-state index is 13.4. The third-order valence-electron chi connectivity index (χ3n) is 4.48. The van der Waals surface area contributed by atoms with Gasteiger partial charge in [-0.1, -0.05) is 23.7 Å². The first kappa shape index (κ1) is 20.9. The van der Waals surface area contributed by atoms with Gasteiger partial charge < -0.3 is 19.8 Å². The fraction of sp³-hybridized carbons (Fsp3) is 0.250. The Balaban J connectivity index is 1.79. The van der Waals surface area contributed by atoms with Gasteiger partial charge in [-0.15, -0.1) is 0 Å². The molecule has 0 aliphatic heterocycles. The number of hydrogen-bond donors (Lipinski definition) is 2. The van der Waals surface area contributed by atoms with Gasteiger partial charge >= 0.3 is 6.18 Å². The molecule has 154 valence electrons. The van der Waals surface area contributed by atoms with Crippen molar-refractivity contribution in [1.82, 2.24) is 10.3 Å². The van der Waals surface area contributed by atoms with E-state index in [1.54, 1.807) is 24.3 Å². The van der Waals surface area contributed by atoms with Crippen molar-refractivity contribution in [3.8, 4) is 11.5 Å². The number of H-pyrrole nitrogens is 1. The van der Waals surface area contributed by atoms with Gasteiger partial charge in [0.1, 0.15) is 5.69 Å². The summed E-state index contributed by atoms with van der Waals surface area (Å²) in [5, 5.41) is 3.22. The Morgan fingerprint density at radius 2 is 1.86 bits per heavy atom. The zero-order chi connectivity index (χ0) is 21.2. The number of methoxy groups -OCH3 is 2. The number of amides is 1. The van der Waals surface area contributed by atoms with E-state index in [1.807, 2.05) is 0 Å². The van der Waals surface area contributed by atoms with Gasteiger partial charge in [0.2, 0.25) is 0 Å². The number of ether oxygens (including phenoxy) is 2. The molecule has 0 bridgehead atoms. The molecule has 3 rings (SSSR count). The summed E-state index contributed by atoms with van der Waals surface area (Å²) in [7, 11) is 2.92. The second kappa shape index (κ2) is 8.24. The zero-order valence-electron chi connectivity index (χ0n) is 15.6. The number of benzene rings is 2. The number of aromatic nitrogens is 1. The summed E-state index contributed by atoms with van der Waals surface area (Å²) in [4.78, 5) is 14.8. The predicted octanol–water partition coefficient (Wildman–Crippen LogP) is 4.83. The number of fused-ring (bicyclic) bond motifs is 1. The van der Waals surface area contributed by atoms with Crippen LogP contribution in [0, 0.1) is 0 Å². The van der Waals surface area contributed by atoms with Crippen molar-refractivity contribution in [3.05, 3.63) is 58.2 Å². The Bertz CT molecular complexity index is 1050. The summed E-state index contributed by atoms with van der Waals surface area (Å²) >= 11 is 6.02. The lowest BCUT2D eigenvalue weighted by atomic mass is 10.1. The van der Waals surface area contributed by atoms with E-state index in [-0.39, 0.29) is 29.1 Å². The molecule has 0 saturated heterocycles. The van der Waals surface area contributed by atoms with E-state index in [1.165, 1.54) is 26.4 Å². The van der Waals surface area contributed by atoms with Crippen molar-refractivity contribution in [2.45, 2.75) is 12.6 Å². The molecule has 29 heavy (non-hydrogen) atoms. The summed E-state index contributed by atoms with van der Waals surface area (Å²) in [6.45, 7) is 0.00965. The normalized spacial score (nSPS) is 11.5. The van der Waals surface area contributed by atoms with Crippen LogP contribution in [0.1, 0.15) is 21.6 Å². The van der Waals surface area contributed by atoms with Crippen molar-refractivity contribution in [3.63, 3.8) is 0 Å². The van der Waals surface area contributed by atoms with Crippen LogP contribution in [0.25, 0.3) is 10.9 Å². The molecular formula is C20H18ClF3N2O3. The SMILES string of the molecule is COc1ccc(C(=O)NCCc2c(C(F)(F)F)[nH]c3c(Cl)cccc23)cc1OC. The number of hydrogen-bond acceptors (Lipinski definition) is 3. The molecule has 1 aromatic heterocycles. The first-order valence-electron chi connectivity index (χ1n) is 8.62. The minimum atomic E-state index is -4.56. The largest absolute Gasteiger partial charge is 0.493 e. The third-order valence-corrected chi connectivity index (χ3v) is 4.80. The van der Waals surface area contributed by atoms with Gasteiger partial charge in [0.15, 0.2) is 11.5 Å². The van der Waals surface area contributed by atoms with Gasteiger partial charge in [-0.05, 0) is 36.2 Å². The molecule has 0 aliphatic carbocycles. The Morgan fingerprint density at radius 1 is 1.14 bits per heavy atom. The van der Waals surface area contributed by atoms with Gasteiger partial charge in [0, 0.05) is 17.5 Å². The lowest BCUT2D eigenvalue weighted by molar-refractivity contribution is -0.141. The molecule has 2 aromatic carbocycles. The van der Waals surface area contributed by atoms with E-state index in [0.717, 1.165) is 0 Å². The van der Waals surface area contributed by atoms with Crippen molar-refractivity contribution >= 4 is 28.4 Å². The highest BCUT2D eigenvalue weighted by Gasteiger charge is 2.36. The van der Waals surface area contributed by atoms with E-state index >= 15 is 0 Å². The van der Waals surface area contributed by atoms with Gasteiger partial charge in [-0.25, -0.2) is 0 Å². The monoisotopic (exact) mass is 426 g/mol. The number of halogens is 4. The fourth-order valence-corrected chi connectivity index (χ4v) is 3.34. The summed E-state index contributed by atoms with van der Waals surface area (Å²) in [6.07, 6.45) is -4.58. The highest BCUT2D eigenvalue weighted by molar-refractivity contribution is 6.35. The topological polar surface area (TPSA) is 63.3 Å². The first-order chi connectivity index (χ1) is 13.8. The maximum Gasteiger partial charge on any atom is 0.431 e. The van der Waals surface area contributed by atoms with Crippen LogP contribution in [0.5, 0.6) is 11.5 Å². The molecular weight excluding hydrogens is 409 g/mol. The van der Waals surface area contributed by atoms with Crippen molar-refractivity contribution in [2.75, 3.05) is 20.8 Å². The average Bonchev–Trinajstić information content (AvgIpc) is 3.08. The minimum absolute atomic E-state index is 0.00965. The van der Waals surface area contributed by atoms with Crippen LogP contribution in [-0.4, -0.2) is 31.7 Å². The Morgan fingerprint density at radius 3 is 2.52 bits per heavy atom. The van der Waals surface area contributed by atoms with Gasteiger partial charge in [0.25, 0.3) is 5.91 Å². The van der Waals surface area contributed by atoms with Crippen LogP contribution >= 0.6 is 11.6 Å². The molecule has 9 heteroatoms. The second-order valence-electron chi connectivity index (χ2n) is 6.21. The maximum absolute atomic E-state index is 13.4. The molecule has 0 aliphatic rings. The number of nitrogens with one attached hydrogen (secondary N) is 2. The van der Waals surface area contributed by atoms with Crippen LogP contribution in [0.15, 0.2) is 36.4 Å². The van der Waals surface area contributed by atoms with Gasteiger partial charge in [0.05, 0.1) is 24.8 Å². The van der Waals surface area contributed by atoms with E-state index in [4.69, 9.17) is 21.1 Å². The average molecular weight is 427 g/mol. The number of carbonyl (C=O) groups is 1. The highest BCUT2D eigenvalue weighted by Crippen LogP contribution is 2.37. The summed E-state index contributed by atoms with van der Waals surface area (Å²) < 4.78 is 50.6. The molecule has 0 atom stereocenters. The summed E-state index contributed by atoms with van der Waals surface area (Å²) in [6, 6.07) is 9.30. The number of carbonyl (C=O) groups excluding carboxylic acids is 1. The van der Waals surface area contributed by atoms with Crippen LogP contribution in [-0.2, 0) is 12.6 Å². The Labute approximate surface area is 169 Å². The van der Waals surface area contributed by atoms with Crippen LogP contribution < -0.4 is 14.8 Å². The summed E-state index contributed by atoms with van der Waals surface area (Å²) in [5.74, 6) is 0.415. The molecule has 0 fully saturated rings. The number of rotatable bonds is 6. The molecule has 0 spiro atoms. The number of alkyl halides is 3. The Hall–Kier alpha value is -2.87. The highest BCUT2D eigenvalue weighted by atomic mass is 35.5. The van der Waals surface area contributed by atoms with Crippen LogP contribution in [0.2, 0.25) is 5.02 Å². The van der Waals surface area contributed by atoms with Crippen LogP contribution in [0.4, 0.5) is 13.2 Å². The first-order valence-corrected chi connectivity index (χ1v) is 9.00. The third kappa shape index (κ3) is 4.27. The fourth-order valence-electron chi connectivity index (χ4n) is 3.12. The Kier molecular flexibility index (Phi) is 5.93. The molecule has 0 saturated carbocycles. The minimum Gasteiger partial charge on any atom is -0.493 e. The quantitative estimate of drug-likeness (QED) is 0.593. The van der Waals surface area contributed by atoms with E-state index in [0.29, 0.717) is 22.4 Å². The van der Waals surface area contributed by atoms with Gasteiger partial charge in [-0.2, -0.15) is 13.2 Å². The van der Waals surface area contributed by atoms with E-state index in [9.17, 15) is 18.0 Å². The molecule has 1 amide bonds. The number of aromatic amines is 1. The lowest BCUT2D eigenvalue weighted by Crippen LogP contribution is -2.26. The van der Waals surface area contributed by atoms with Crippen molar-refractivity contribution in [1.29, 1.82) is 0 Å². The smallest absolute Gasteiger partial charge is 0.431 e. The molecule has 0 unspecified atom stereocenters. The molecule has 1 heterocycles. The van der Waals surface area contributed by atoms with E-state index < -0.39 is 17.8 Å². The molecule has 3 aromatic rings. The zero-order valence-corrected chi connectivity index (χ0v) is 16.4. The lowest BCUT2D eigenvalue weighted by Gasteiger charge is -2.11. The second-order valence-corrected chi connectivity index (χ2v) is 6.62. The number of para-hydroxylation sites is 1. The summed E-state index contributed by atoms with van der Waals surface area (Å²) in [5.41, 5.74) is -0.271. The standard InChI is InChI=1S/C20H18ClF3N2O3/c1-28-15-7-6-11(10-16(15)29-2)19(27)25-9-8-13-12-4-3-5-14(21)17(12)26-18(13)20(22,23)24/h3-7,10,26H,8-9H2,1-2H3,(H,25,27). The van der Waals surface area contributed by atoms with E-state index in [2.05, 4.69) is 10.3 Å². The van der Waals surface area contributed by atoms with Crippen LogP contribution in [0.3, 0.4) is 0 Å². The van der Waals surface area contributed by atoms with Crippen molar-refractivity contribution in [2.24, 2.45) is 0 Å². The molecule has 2 N–H and O–H groups in total. The molecule has 5 nitrogen and oxygen atoms in total. The molecule has 0 radical (unpaired) electrons. The van der Waals surface area contributed by atoms with Crippen molar-refractivity contribution < 1.29 is 27.4 Å². The van der Waals surface area contributed by atoms with Gasteiger partial charge in [-0.3, -0.25) is 4.79 Å².